The average molecular weight is 368 g/mol. The van der Waals surface area contributed by atoms with E-state index in [1.807, 2.05) is 24.3 Å². The number of benzene rings is 1. The maximum absolute atomic E-state index is 6.22. The Morgan fingerprint density at radius 3 is 2.90 bits per heavy atom. The highest BCUT2D eigenvalue weighted by Crippen LogP contribution is 2.34. The molecule has 20 heavy (non-hydrogen) atoms. The Morgan fingerprint density at radius 2 is 2.15 bits per heavy atom. The Hall–Kier alpha value is -1.10. The second-order valence-electron chi connectivity index (χ2n) is 4.49. The summed E-state index contributed by atoms with van der Waals surface area (Å²) in [6.07, 6.45) is 1.79. The normalized spacial score (nSPS) is 12.6. The zero-order valence-corrected chi connectivity index (χ0v) is 13.9. The molecule has 0 spiro atoms. The van der Waals surface area contributed by atoms with Gasteiger partial charge in [0.15, 0.2) is 0 Å². The number of pyridine rings is 1. The predicted octanol–water partition coefficient (Wildman–Crippen LogP) is 5.89. The van der Waals surface area contributed by atoms with E-state index in [0.717, 1.165) is 26.1 Å². The van der Waals surface area contributed by atoms with Crippen molar-refractivity contribution in [2.75, 3.05) is 5.32 Å². The molecule has 0 saturated heterocycles. The minimum atomic E-state index is 0.204. The van der Waals surface area contributed by atoms with Crippen LogP contribution < -0.4 is 5.32 Å². The van der Waals surface area contributed by atoms with Gasteiger partial charge < -0.3 is 5.32 Å². The number of halogens is 2. The van der Waals surface area contributed by atoms with Crippen molar-refractivity contribution < 1.29 is 0 Å². The number of rotatable bonds is 3. The molecule has 0 aliphatic heterocycles. The van der Waals surface area contributed by atoms with Gasteiger partial charge in [-0.05, 0) is 58.6 Å². The summed E-state index contributed by atoms with van der Waals surface area (Å²) in [5.41, 5.74) is 1.90. The van der Waals surface area contributed by atoms with Crippen LogP contribution in [-0.4, -0.2) is 4.98 Å². The van der Waals surface area contributed by atoms with Crippen LogP contribution in [0.5, 0.6) is 0 Å². The third-order valence-electron chi connectivity index (χ3n) is 3.13. The third-order valence-corrected chi connectivity index (χ3v) is 5.51. The molecular formula is C15H12BrClN2S. The van der Waals surface area contributed by atoms with Gasteiger partial charge in [-0.1, -0.05) is 11.6 Å². The van der Waals surface area contributed by atoms with E-state index in [9.17, 15) is 0 Å². The maximum atomic E-state index is 6.22. The monoisotopic (exact) mass is 366 g/mol. The SMILES string of the molecule is CC(Nc1ccc(Cl)c2cccnc12)c1sccc1Br. The second-order valence-corrected chi connectivity index (χ2v) is 6.70. The Labute approximate surface area is 134 Å². The number of hydrogen-bond donors (Lipinski definition) is 1. The lowest BCUT2D eigenvalue weighted by Crippen LogP contribution is -2.06. The number of aromatic nitrogens is 1. The standard InChI is InChI=1S/C15H12BrClN2S/c1-9(15-11(16)6-8-20-15)19-13-5-4-12(17)10-3-2-7-18-14(10)13/h2-9,19H,1H3. The minimum absolute atomic E-state index is 0.204. The lowest BCUT2D eigenvalue weighted by molar-refractivity contribution is 0.904. The number of hydrogen-bond acceptors (Lipinski definition) is 3. The smallest absolute Gasteiger partial charge is 0.0948 e. The highest BCUT2D eigenvalue weighted by Gasteiger charge is 2.13. The maximum Gasteiger partial charge on any atom is 0.0948 e. The van der Waals surface area contributed by atoms with Crippen LogP contribution in [0.1, 0.15) is 17.8 Å². The fourth-order valence-corrected chi connectivity index (χ4v) is 4.11. The molecule has 1 N–H and O–H groups in total. The van der Waals surface area contributed by atoms with E-state index in [4.69, 9.17) is 11.6 Å². The van der Waals surface area contributed by atoms with Crippen LogP contribution in [-0.2, 0) is 0 Å². The van der Waals surface area contributed by atoms with Crippen molar-refractivity contribution in [3.8, 4) is 0 Å². The van der Waals surface area contributed by atoms with Gasteiger partial charge in [-0.15, -0.1) is 11.3 Å². The van der Waals surface area contributed by atoms with Crippen molar-refractivity contribution in [3.63, 3.8) is 0 Å². The molecule has 1 atom stereocenters. The van der Waals surface area contributed by atoms with E-state index in [1.165, 1.54) is 4.88 Å². The molecule has 0 fully saturated rings. The summed E-state index contributed by atoms with van der Waals surface area (Å²) < 4.78 is 1.13. The van der Waals surface area contributed by atoms with Gasteiger partial charge in [0.1, 0.15) is 0 Å². The first-order valence-electron chi connectivity index (χ1n) is 6.19. The first-order valence-corrected chi connectivity index (χ1v) is 8.24. The number of nitrogens with zero attached hydrogens (tertiary/aromatic N) is 1. The number of anilines is 1. The number of nitrogens with one attached hydrogen (secondary N) is 1. The van der Waals surface area contributed by atoms with E-state index in [2.05, 4.69) is 44.6 Å². The summed E-state index contributed by atoms with van der Waals surface area (Å²) >= 11 is 11.5. The molecule has 0 aliphatic rings. The topological polar surface area (TPSA) is 24.9 Å². The average Bonchev–Trinajstić information content (AvgIpc) is 2.88. The molecule has 2 nitrogen and oxygen atoms in total. The van der Waals surface area contributed by atoms with E-state index >= 15 is 0 Å². The molecule has 3 aromatic rings. The molecule has 0 amide bonds. The Kier molecular flexibility index (Phi) is 3.96. The number of fused-ring (bicyclic) bond motifs is 1. The summed E-state index contributed by atoms with van der Waals surface area (Å²) in [6.45, 7) is 2.14. The van der Waals surface area contributed by atoms with Gasteiger partial charge in [-0.2, -0.15) is 0 Å². The summed E-state index contributed by atoms with van der Waals surface area (Å²) in [5, 5.41) is 7.29. The molecule has 3 rings (SSSR count). The lowest BCUT2D eigenvalue weighted by Gasteiger charge is -2.16. The molecule has 2 aromatic heterocycles. The van der Waals surface area contributed by atoms with Crippen LogP contribution in [0, 0.1) is 0 Å². The van der Waals surface area contributed by atoms with Gasteiger partial charge in [-0.25, -0.2) is 0 Å². The zero-order valence-electron chi connectivity index (χ0n) is 10.7. The molecule has 0 bridgehead atoms. The van der Waals surface area contributed by atoms with Gasteiger partial charge in [0.25, 0.3) is 0 Å². The Bertz CT molecular complexity index is 756. The van der Waals surface area contributed by atoms with Crippen LogP contribution >= 0.6 is 38.9 Å². The van der Waals surface area contributed by atoms with Gasteiger partial charge in [0.2, 0.25) is 0 Å². The molecule has 5 heteroatoms. The van der Waals surface area contributed by atoms with E-state index < -0.39 is 0 Å². The van der Waals surface area contributed by atoms with Crippen LogP contribution in [0.25, 0.3) is 10.9 Å². The summed E-state index contributed by atoms with van der Waals surface area (Å²) in [7, 11) is 0. The summed E-state index contributed by atoms with van der Waals surface area (Å²) in [4.78, 5) is 5.71. The molecule has 0 aliphatic carbocycles. The van der Waals surface area contributed by atoms with Gasteiger partial charge in [0, 0.05) is 20.9 Å². The molecule has 2 heterocycles. The van der Waals surface area contributed by atoms with Crippen molar-refractivity contribution >= 4 is 55.5 Å². The molecule has 1 aromatic carbocycles. The molecule has 0 saturated carbocycles. The van der Waals surface area contributed by atoms with Crippen LogP contribution in [0.15, 0.2) is 46.4 Å². The van der Waals surface area contributed by atoms with Gasteiger partial charge >= 0.3 is 0 Å². The minimum Gasteiger partial charge on any atom is -0.376 e. The van der Waals surface area contributed by atoms with Crippen molar-refractivity contribution in [1.82, 2.24) is 4.98 Å². The Morgan fingerprint density at radius 1 is 1.30 bits per heavy atom. The molecule has 1 unspecified atom stereocenters. The molecular weight excluding hydrogens is 356 g/mol. The van der Waals surface area contributed by atoms with Crippen molar-refractivity contribution in [3.05, 3.63) is 56.3 Å². The van der Waals surface area contributed by atoms with E-state index in [1.54, 1.807) is 17.5 Å². The van der Waals surface area contributed by atoms with Gasteiger partial charge in [-0.3, -0.25) is 4.98 Å². The molecule has 0 radical (unpaired) electrons. The van der Waals surface area contributed by atoms with Crippen molar-refractivity contribution in [1.29, 1.82) is 0 Å². The third kappa shape index (κ3) is 2.55. The zero-order chi connectivity index (χ0) is 14.1. The van der Waals surface area contributed by atoms with Gasteiger partial charge in [0.05, 0.1) is 22.3 Å². The summed E-state index contributed by atoms with van der Waals surface area (Å²) in [5.74, 6) is 0. The predicted molar refractivity (Wildman–Crippen MR) is 90.8 cm³/mol. The lowest BCUT2D eigenvalue weighted by atomic mass is 10.1. The van der Waals surface area contributed by atoms with E-state index in [-0.39, 0.29) is 6.04 Å². The first-order chi connectivity index (χ1) is 9.66. The van der Waals surface area contributed by atoms with Crippen molar-refractivity contribution in [2.45, 2.75) is 13.0 Å². The largest absolute Gasteiger partial charge is 0.376 e. The highest BCUT2D eigenvalue weighted by atomic mass is 79.9. The van der Waals surface area contributed by atoms with Crippen LogP contribution in [0.3, 0.4) is 0 Å². The Balaban J connectivity index is 1.99. The number of thiophene rings is 1. The summed E-state index contributed by atoms with van der Waals surface area (Å²) in [6, 6.07) is 10.0. The second kappa shape index (κ2) is 5.72. The van der Waals surface area contributed by atoms with Crippen LogP contribution in [0.2, 0.25) is 5.02 Å². The highest BCUT2D eigenvalue weighted by molar-refractivity contribution is 9.10. The quantitative estimate of drug-likeness (QED) is 0.624. The fourth-order valence-electron chi connectivity index (χ4n) is 2.17. The molecule has 102 valence electrons. The first kappa shape index (κ1) is 13.9. The van der Waals surface area contributed by atoms with Crippen LogP contribution in [0.4, 0.5) is 5.69 Å². The van der Waals surface area contributed by atoms with Crippen molar-refractivity contribution in [2.24, 2.45) is 0 Å². The van der Waals surface area contributed by atoms with E-state index in [0.29, 0.717) is 0 Å². The fraction of sp³-hybridized carbons (Fsp3) is 0.133.